The summed E-state index contributed by atoms with van der Waals surface area (Å²) < 4.78 is 0. The molecule has 1 fully saturated rings. The number of hydrogen-bond acceptors (Lipinski definition) is 3. The largest absolute Gasteiger partial charge is 0.341 e. The quantitative estimate of drug-likeness (QED) is 0.802. The molecule has 2 rings (SSSR count). The van der Waals surface area contributed by atoms with Crippen LogP contribution < -0.4 is 4.90 Å². The summed E-state index contributed by atoms with van der Waals surface area (Å²) in [7, 11) is 0. The second-order valence-electron chi connectivity index (χ2n) is 6.27. The van der Waals surface area contributed by atoms with Gasteiger partial charge in [-0.15, -0.1) is 0 Å². The normalized spacial score (nSPS) is 15.3. The molecule has 1 aliphatic heterocycles. The Morgan fingerprint density at radius 2 is 1.83 bits per heavy atom. The molecule has 0 bridgehead atoms. The van der Waals surface area contributed by atoms with Gasteiger partial charge in [-0.3, -0.25) is 14.4 Å². The van der Waals surface area contributed by atoms with Gasteiger partial charge in [-0.1, -0.05) is 19.1 Å². The van der Waals surface area contributed by atoms with E-state index in [2.05, 4.69) is 6.92 Å². The van der Waals surface area contributed by atoms with Crippen molar-refractivity contribution in [3.05, 3.63) is 29.8 Å². The number of Topliss-reactive ketones (excluding diaryl/α,β-unsaturated/α-hetero) is 1. The third-order valence-electron chi connectivity index (χ3n) is 4.37. The fourth-order valence-corrected chi connectivity index (χ4v) is 2.77. The monoisotopic (exact) mass is 316 g/mol. The highest BCUT2D eigenvalue weighted by molar-refractivity contribution is 6.00. The first-order valence-electron chi connectivity index (χ1n) is 8.05. The minimum absolute atomic E-state index is 0.0189. The topological polar surface area (TPSA) is 57.7 Å². The maximum absolute atomic E-state index is 12.5. The summed E-state index contributed by atoms with van der Waals surface area (Å²) in [6.45, 7) is 6.63. The summed E-state index contributed by atoms with van der Waals surface area (Å²) in [5, 5.41) is 0. The second-order valence-corrected chi connectivity index (χ2v) is 6.27. The van der Waals surface area contributed by atoms with E-state index in [1.54, 1.807) is 24.3 Å². The van der Waals surface area contributed by atoms with Crippen LogP contribution in [0.15, 0.2) is 24.3 Å². The van der Waals surface area contributed by atoms with Crippen LogP contribution >= 0.6 is 0 Å². The van der Waals surface area contributed by atoms with Crippen molar-refractivity contribution in [2.75, 3.05) is 24.5 Å². The molecule has 2 amide bonds. The van der Waals surface area contributed by atoms with Crippen molar-refractivity contribution in [2.45, 2.75) is 33.6 Å². The highest BCUT2D eigenvalue weighted by Crippen LogP contribution is 2.19. The van der Waals surface area contributed by atoms with Crippen LogP contribution in [0.2, 0.25) is 0 Å². The van der Waals surface area contributed by atoms with Crippen LogP contribution in [0.5, 0.6) is 0 Å². The van der Waals surface area contributed by atoms with Crippen LogP contribution in [-0.2, 0) is 9.59 Å². The summed E-state index contributed by atoms with van der Waals surface area (Å²) in [5.41, 5.74) is 1.12. The van der Waals surface area contributed by atoms with Crippen LogP contribution in [0.1, 0.15) is 44.0 Å². The Balaban J connectivity index is 2.13. The minimum atomic E-state index is -0.204. The lowest BCUT2D eigenvalue weighted by Crippen LogP contribution is -2.45. The van der Waals surface area contributed by atoms with Gasteiger partial charge < -0.3 is 9.80 Å². The van der Waals surface area contributed by atoms with Gasteiger partial charge >= 0.3 is 0 Å². The smallest absolute Gasteiger partial charge is 0.242 e. The summed E-state index contributed by atoms with van der Waals surface area (Å²) in [6, 6.07) is 6.85. The molecule has 5 heteroatoms. The number of anilines is 1. The summed E-state index contributed by atoms with van der Waals surface area (Å²) in [5.74, 6) is 0.340. The average Bonchev–Trinajstić information content (AvgIpc) is 2.52. The molecule has 0 atom stereocenters. The molecule has 0 aromatic heterocycles. The number of rotatable bonds is 4. The van der Waals surface area contributed by atoms with E-state index in [9.17, 15) is 14.4 Å². The zero-order valence-electron chi connectivity index (χ0n) is 14.0. The first-order valence-corrected chi connectivity index (χ1v) is 8.05. The molecule has 23 heavy (non-hydrogen) atoms. The van der Waals surface area contributed by atoms with E-state index < -0.39 is 0 Å². The van der Waals surface area contributed by atoms with Crippen molar-refractivity contribution in [1.82, 2.24) is 4.90 Å². The first-order chi connectivity index (χ1) is 10.9. The van der Waals surface area contributed by atoms with Gasteiger partial charge in [0.2, 0.25) is 11.8 Å². The number of carbonyl (C=O) groups excluding carboxylic acids is 3. The standard InChI is InChI=1S/C18H24N2O3/c1-13-7-9-19(10-8-13)18(23)12-20(15(3)22)17-6-4-5-16(11-17)14(2)21/h4-6,11,13H,7-10,12H2,1-3H3. The molecule has 0 unspecified atom stereocenters. The Kier molecular flexibility index (Phi) is 5.53. The molecule has 5 nitrogen and oxygen atoms in total. The molecule has 1 saturated heterocycles. The lowest BCUT2D eigenvalue weighted by atomic mass is 9.99. The van der Waals surface area contributed by atoms with Gasteiger partial charge in [-0.2, -0.15) is 0 Å². The van der Waals surface area contributed by atoms with E-state index in [0.717, 1.165) is 25.9 Å². The van der Waals surface area contributed by atoms with E-state index in [1.165, 1.54) is 18.7 Å². The van der Waals surface area contributed by atoms with Crippen LogP contribution in [0, 0.1) is 5.92 Å². The molecule has 1 aromatic carbocycles. The Morgan fingerprint density at radius 1 is 1.17 bits per heavy atom. The van der Waals surface area contributed by atoms with Gasteiger partial charge in [0.1, 0.15) is 6.54 Å². The molecule has 1 aliphatic rings. The fourth-order valence-electron chi connectivity index (χ4n) is 2.77. The second kappa shape index (κ2) is 7.40. The van der Waals surface area contributed by atoms with Gasteiger partial charge in [0.05, 0.1) is 0 Å². The van der Waals surface area contributed by atoms with E-state index >= 15 is 0 Å². The lowest BCUT2D eigenvalue weighted by Gasteiger charge is -2.32. The molecule has 124 valence electrons. The number of ketones is 1. The number of nitrogens with zero attached hydrogens (tertiary/aromatic N) is 2. The van der Waals surface area contributed by atoms with E-state index in [4.69, 9.17) is 0 Å². The number of carbonyl (C=O) groups is 3. The van der Waals surface area contributed by atoms with Crippen molar-refractivity contribution in [3.63, 3.8) is 0 Å². The zero-order valence-corrected chi connectivity index (χ0v) is 14.0. The van der Waals surface area contributed by atoms with Crippen molar-refractivity contribution in [3.8, 4) is 0 Å². The highest BCUT2D eigenvalue weighted by Gasteiger charge is 2.24. The third kappa shape index (κ3) is 4.41. The van der Waals surface area contributed by atoms with Gasteiger partial charge in [0.25, 0.3) is 0 Å². The predicted molar refractivity (Wildman–Crippen MR) is 89.5 cm³/mol. The van der Waals surface area contributed by atoms with Gasteiger partial charge in [-0.25, -0.2) is 0 Å². The summed E-state index contributed by atoms with van der Waals surface area (Å²) >= 11 is 0. The zero-order chi connectivity index (χ0) is 17.0. The average molecular weight is 316 g/mol. The molecule has 0 N–H and O–H groups in total. The number of hydrogen-bond donors (Lipinski definition) is 0. The van der Waals surface area contributed by atoms with Crippen molar-refractivity contribution in [2.24, 2.45) is 5.92 Å². The van der Waals surface area contributed by atoms with Gasteiger partial charge in [-0.05, 0) is 37.8 Å². The van der Waals surface area contributed by atoms with E-state index in [1.807, 2.05) is 4.90 Å². The maximum Gasteiger partial charge on any atom is 0.242 e. The van der Waals surface area contributed by atoms with Crippen LogP contribution in [0.25, 0.3) is 0 Å². The summed E-state index contributed by atoms with van der Waals surface area (Å²) in [4.78, 5) is 39.2. The molecule has 1 aromatic rings. The van der Waals surface area contributed by atoms with Crippen LogP contribution in [0.3, 0.4) is 0 Å². The summed E-state index contributed by atoms with van der Waals surface area (Å²) in [6.07, 6.45) is 2.01. The SMILES string of the molecule is CC(=O)c1cccc(N(CC(=O)N2CCC(C)CC2)C(C)=O)c1. The molecule has 1 heterocycles. The lowest BCUT2D eigenvalue weighted by molar-refractivity contribution is -0.132. The van der Waals surface area contributed by atoms with Gasteiger partial charge in [0, 0.05) is 31.3 Å². The molecular formula is C18H24N2O3. The molecule has 0 radical (unpaired) electrons. The Morgan fingerprint density at radius 3 is 2.39 bits per heavy atom. The number of piperidine rings is 1. The number of amides is 2. The Bertz CT molecular complexity index is 604. The van der Waals surface area contributed by atoms with Crippen molar-refractivity contribution in [1.29, 1.82) is 0 Å². The number of likely N-dealkylation sites (tertiary alicyclic amines) is 1. The molecular weight excluding hydrogens is 292 g/mol. The minimum Gasteiger partial charge on any atom is -0.341 e. The fraction of sp³-hybridized carbons (Fsp3) is 0.500. The Hall–Kier alpha value is -2.17. The molecule has 0 saturated carbocycles. The van der Waals surface area contributed by atoms with E-state index in [-0.39, 0.29) is 24.1 Å². The van der Waals surface area contributed by atoms with Gasteiger partial charge in [0.15, 0.2) is 5.78 Å². The Labute approximate surface area is 137 Å². The van der Waals surface area contributed by atoms with Crippen LogP contribution in [-0.4, -0.2) is 42.1 Å². The number of benzene rings is 1. The maximum atomic E-state index is 12.5. The predicted octanol–water partition coefficient (Wildman–Crippen LogP) is 2.50. The molecule has 0 spiro atoms. The highest BCUT2D eigenvalue weighted by atomic mass is 16.2. The van der Waals surface area contributed by atoms with Crippen molar-refractivity contribution >= 4 is 23.3 Å². The molecule has 0 aliphatic carbocycles. The van der Waals surface area contributed by atoms with Crippen molar-refractivity contribution < 1.29 is 14.4 Å². The first kappa shape index (κ1) is 17.2. The van der Waals surface area contributed by atoms with Crippen LogP contribution in [0.4, 0.5) is 5.69 Å². The van der Waals surface area contributed by atoms with E-state index in [0.29, 0.717) is 17.2 Å². The third-order valence-corrected chi connectivity index (χ3v) is 4.37.